The Hall–Kier alpha value is -0.0500. The van der Waals surface area contributed by atoms with E-state index in [4.69, 9.17) is 11.6 Å². The SMILES string of the molecule is C=CC(Cl)ON. The molecule has 0 bridgehead atoms. The van der Waals surface area contributed by atoms with E-state index in [1.807, 2.05) is 0 Å². The van der Waals surface area contributed by atoms with Crippen LogP contribution in [0.5, 0.6) is 0 Å². The van der Waals surface area contributed by atoms with Gasteiger partial charge in [-0.05, 0) is 6.08 Å². The normalized spacial score (nSPS) is 13.7. The van der Waals surface area contributed by atoms with Crippen LogP contribution in [0.1, 0.15) is 0 Å². The van der Waals surface area contributed by atoms with Gasteiger partial charge in [0.2, 0.25) is 0 Å². The van der Waals surface area contributed by atoms with Gasteiger partial charge in [-0.25, -0.2) is 5.90 Å². The zero-order chi connectivity index (χ0) is 4.99. The highest BCUT2D eigenvalue weighted by atomic mass is 35.5. The first-order valence-corrected chi connectivity index (χ1v) is 1.87. The molecule has 0 spiro atoms. The van der Waals surface area contributed by atoms with E-state index in [1.54, 1.807) is 0 Å². The van der Waals surface area contributed by atoms with Crippen molar-refractivity contribution in [2.75, 3.05) is 0 Å². The summed E-state index contributed by atoms with van der Waals surface area (Å²) in [5, 5.41) is 0. The van der Waals surface area contributed by atoms with Gasteiger partial charge in [-0.15, -0.1) is 0 Å². The summed E-state index contributed by atoms with van der Waals surface area (Å²) in [6.07, 6.45) is 1.39. The van der Waals surface area contributed by atoms with Crippen LogP contribution >= 0.6 is 11.6 Å². The minimum atomic E-state index is -0.551. The molecule has 36 valence electrons. The fourth-order valence-electron chi connectivity index (χ4n) is 0.0556. The molecule has 2 N–H and O–H groups in total. The fourth-order valence-corrected chi connectivity index (χ4v) is 0.0556. The average molecular weight is 108 g/mol. The predicted octanol–water partition coefficient (Wildman–Crippen LogP) is 0.628. The molecule has 0 rings (SSSR count). The Bertz CT molecular complexity index is 48.1. The lowest BCUT2D eigenvalue weighted by Gasteiger charge is -1.93. The summed E-state index contributed by atoms with van der Waals surface area (Å²) in [5.41, 5.74) is -0.551. The molecular formula is C3H6ClNO. The van der Waals surface area contributed by atoms with Gasteiger partial charge in [-0.2, -0.15) is 0 Å². The molecule has 0 heterocycles. The van der Waals surface area contributed by atoms with Crippen molar-refractivity contribution in [2.45, 2.75) is 5.56 Å². The highest BCUT2D eigenvalue weighted by molar-refractivity contribution is 6.20. The number of hydrogen-bond donors (Lipinski definition) is 1. The summed E-state index contributed by atoms with van der Waals surface area (Å²) in [6, 6.07) is 0. The molecule has 0 aromatic heterocycles. The number of rotatable bonds is 2. The fraction of sp³-hybridized carbons (Fsp3) is 0.333. The van der Waals surface area contributed by atoms with Crippen LogP contribution in [0.4, 0.5) is 0 Å². The summed E-state index contributed by atoms with van der Waals surface area (Å²) in [7, 11) is 0. The average Bonchev–Trinajstić information content (AvgIpc) is 1.65. The van der Waals surface area contributed by atoms with Gasteiger partial charge in [0.05, 0.1) is 0 Å². The van der Waals surface area contributed by atoms with Gasteiger partial charge in [0, 0.05) is 0 Å². The molecule has 3 heteroatoms. The molecule has 0 saturated carbocycles. The van der Waals surface area contributed by atoms with Gasteiger partial charge >= 0.3 is 0 Å². The second-order valence-corrected chi connectivity index (χ2v) is 1.15. The standard InChI is InChI=1S/C3H6ClNO/c1-2-3(4)6-5/h2-3H,1,5H2. The second kappa shape index (κ2) is 3.15. The Morgan fingerprint density at radius 3 is 2.50 bits per heavy atom. The summed E-state index contributed by atoms with van der Waals surface area (Å²) < 4.78 is 0. The molecule has 2 nitrogen and oxygen atoms in total. The second-order valence-electron chi connectivity index (χ2n) is 0.723. The van der Waals surface area contributed by atoms with E-state index in [2.05, 4.69) is 17.3 Å². The third-order valence-electron chi connectivity index (χ3n) is 0.315. The van der Waals surface area contributed by atoms with E-state index in [-0.39, 0.29) is 0 Å². The molecule has 1 atom stereocenters. The highest BCUT2D eigenvalue weighted by Crippen LogP contribution is 1.91. The predicted molar refractivity (Wildman–Crippen MR) is 25.1 cm³/mol. The highest BCUT2D eigenvalue weighted by Gasteiger charge is 1.88. The maximum absolute atomic E-state index is 5.18. The van der Waals surface area contributed by atoms with Crippen molar-refractivity contribution in [3.05, 3.63) is 12.7 Å². The Morgan fingerprint density at radius 1 is 2.00 bits per heavy atom. The maximum Gasteiger partial charge on any atom is 0.170 e. The van der Waals surface area contributed by atoms with Crippen LogP contribution in [-0.2, 0) is 4.84 Å². The first-order chi connectivity index (χ1) is 2.81. The molecular weight excluding hydrogens is 101 g/mol. The molecule has 0 aliphatic heterocycles. The Morgan fingerprint density at radius 2 is 2.50 bits per heavy atom. The molecule has 6 heavy (non-hydrogen) atoms. The Kier molecular flexibility index (Phi) is 3.13. The van der Waals surface area contributed by atoms with E-state index in [0.717, 1.165) is 0 Å². The van der Waals surface area contributed by atoms with Gasteiger partial charge in [-0.3, -0.25) is 4.84 Å². The van der Waals surface area contributed by atoms with E-state index >= 15 is 0 Å². The van der Waals surface area contributed by atoms with Crippen molar-refractivity contribution >= 4 is 11.6 Å². The minimum absolute atomic E-state index is 0.551. The summed E-state index contributed by atoms with van der Waals surface area (Å²) in [6.45, 7) is 3.29. The van der Waals surface area contributed by atoms with Crippen LogP contribution in [0.3, 0.4) is 0 Å². The minimum Gasteiger partial charge on any atom is -0.281 e. The Balaban J connectivity index is 2.96. The summed E-state index contributed by atoms with van der Waals surface area (Å²) in [5.74, 6) is 4.58. The molecule has 0 fully saturated rings. The molecule has 1 unspecified atom stereocenters. The van der Waals surface area contributed by atoms with E-state index < -0.39 is 5.56 Å². The van der Waals surface area contributed by atoms with Crippen LogP contribution in [0.2, 0.25) is 0 Å². The lowest BCUT2D eigenvalue weighted by atomic mass is 10.7. The topological polar surface area (TPSA) is 35.2 Å². The third-order valence-corrected chi connectivity index (χ3v) is 0.596. The molecule has 0 aliphatic rings. The van der Waals surface area contributed by atoms with Gasteiger partial charge < -0.3 is 0 Å². The van der Waals surface area contributed by atoms with Crippen molar-refractivity contribution in [1.29, 1.82) is 0 Å². The number of nitrogens with two attached hydrogens (primary N) is 1. The molecule has 0 radical (unpaired) electrons. The monoisotopic (exact) mass is 107 g/mol. The van der Waals surface area contributed by atoms with Crippen LogP contribution in [0.25, 0.3) is 0 Å². The zero-order valence-corrected chi connectivity index (χ0v) is 3.98. The smallest absolute Gasteiger partial charge is 0.170 e. The van der Waals surface area contributed by atoms with Gasteiger partial charge in [0.25, 0.3) is 0 Å². The zero-order valence-electron chi connectivity index (χ0n) is 3.23. The maximum atomic E-state index is 5.18. The van der Waals surface area contributed by atoms with E-state index in [1.165, 1.54) is 6.08 Å². The van der Waals surface area contributed by atoms with Crippen LogP contribution < -0.4 is 5.90 Å². The Labute approximate surface area is 41.5 Å². The molecule has 0 aromatic carbocycles. The van der Waals surface area contributed by atoms with Crippen molar-refractivity contribution in [2.24, 2.45) is 5.90 Å². The van der Waals surface area contributed by atoms with E-state index in [0.29, 0.717) is 0 Å². The van der Waals surface area contributed by atoms with Gasteiger partial charge in [0.1, 0.15) is 0 Å². The third kappa shape index (κ3) is 2.20. The molecule has 0 saturated heterocycles. The first kappa shape index (κ1) is 5.95. The van der Waals surface area contributed by atoms with Crippen molar-refractivity contribution < 1.29 is 4.84 Å². The summed E-state index contributed by atoms with van der Waals surface area (Å²) >= 11 is 5.18. The number of alkyl halides is 1. The van der Waals surface area contributed by atoms with Crippen LogP contribution in [0, 0.1) is 0 Å². The van der Waals surface area contributed by atoms with Gasteiger partial charge in [-0.1, -0.05) is 18.2 Å². The van der Waals surface area contributed by atoms with E-state index in [9.17, 15) is 0 Å². The number of hydrogen-bond acceptors (Lipinski definition) is 2. The molecule has 0 aliphatic carbocycles. The first-order valence-electron chi connectivity index (χ1n) is 1.43. The van der Waals surface area contributed by atoms with Crippen LogP contribution in [-0.4, -0.2) is 5.56 Å². The lowest BCUT2D eigenvalue weighted by Crippen LogP contribution is -2.05. The summed E-state index contributed by atoms with van der Waals surface area (Å²) in [4.78, 5) is 4.05. The van der Waals surface area contributed by atoms with Crippen LogP contribution in [0.15, 0.2) is 12.7 Å². The lowest BCUT2D eigenvalue weighted by molar-refractivity contribution is 0.140. The van der Waals surface area contributed by atoms with Gasteiger partial charge in [0.15, 0.2) is 5.56 Å². The van der Waals surface area contributed by atoms with Crippen molar-refractivity contribution in [1.82, 2.24) is 0 Å². The van der Waals surface area contributed by atoms with Crippen molar-refractivity contribution in [3.8, 4) is 0 Å². The molecule has 0 amide bonds. The number of halogens is 1. The molecule has 0 aromatic rings. The van der Waals surface area contributed by atoms with Crippen molar-refractivity contribution in [3.63, 3.8) is 0 Å². The largest absolute Gasteiger partial charge is 0.281 e. The quantitative estimate of drug-likeness (QED) is 0.319.